The van der Waals surface area contributed by atoms with E-state index in [9.17, 15) is 13.2 Å². The predicted octanol–water partition coefficient (Wildman–Crippen LogP) is 1.80. The molecular formula is C14H22N2O3S. The van der Waals surface area contributed by atoms with Crippen LogP contribution in [0.15, 0.2) is 29.2 Å². The molecule has 20 heavy (non-hydrogen) atoms. The van der Waals surface area contributed by atoms with Crippen molar-refractivity contribution in [3.63, 3.8) is 0 Å². The van der Waals surface area contributed by atoms with Crippen molar-refractivity contribution in [1.82, 2.24) is 5.32 Å². The van der Waals surface area contributed by atoms with Crippen LogP contribution in [0.2, 0.25) is 0 Å². The maximum atomic E-state index is 12.0. The molecule has 2 unspecified atom stereocenters. The highest BCUT2D eigenvalue weighted by Crippen LogP contribution is 2.18. The molecule has 0 aliphatic carbocycles. The van der Waals surface area contributed by atoms with E-state index < -0.39 is 10.0 Å². The molecule has 1 amide bonds. The number of nitrogens with two attached hydrogens (primary N) is 1. The summed E-state index contributed by atoms with van der Waals surface area (Å²) in [5, 5.41) is 7.98. The molecule has 0 fully saturated rings. The highest BCUT2D eigenvalue weighted by atomic mass is 32.2. The van der Waals surface area contributed by atoms with Crippen LogP contribution < -0.4 is 10.5 Å². The molecule has 0 aromatic heterocycles. The maximum Gasteiger partial charge on any atom is 0.238 e. The number of nitrogens with one attached hydrogen (secondary N) is 1. The van der Waals surface area contributed by atoms with Gasteiger partial charge >= 0.3 is 0 Å². The fourth-order valence-electron chi connectivity index (χ4n) is 1.69. The van der Waals surface area contributed by atoms with Crippen LogP contribution in [0.25, 0.3) is 0 Å². The van der Waals surface area contributed by atoms with Crippen LogP contribution in [0.3, 0.4) is 0 Å². The number of sulfonamides is 1. The summed E-state index contributed by atoms with van der Waals surface area (Å²) in [5.41, 5.74) is 0.709. The number of carbonyl (C=O) groups excluding carboxylic acids is 1. The Morgan fingerprint density at radius 1 is 1.20 bits per heavy atom. The summed E-state index contributed by atoms with van der Waals surface area (Å²) in [6, 6.07) is 6.03. The first-order valence-electron chi connectivity index (χ1n) is 6.56. The summed E-state index contributed by atoms with van der Waals surface area (Å²) in [7, 11) is -3.73. The molecule has 0 aliphatic rings. The van der Waals surface area contributed by atoms with Gasteiger partial charge in [0.25, 0.3) is 0 Å². The van der Waals surface area contributed by atoms with Gasteiger partial charge in [-0.15, -0.1) is 0 Å². The Bertz CT molecular complexity index is 582. The van der Waals surface area contributed by atoms with E-state index in [4.69, 9.17) is 5.14 Å². The number of rotatable bonds is 5. The lowest BCUT2D eigenvalue weighted by Crippen LogP contribution is -2.33. The zero-order valence-electron chi connectivity index (χ0n) is 12.3. The third-order valence-corrected chi connectivity index (χ3v) is 4.37. The molecular weight excluding hydrogens is 276 g/mol. The molecule has 1 aromatic rings. The summed E-state index contributed by atoms with van der Waals surface area (Å²) in [5.74, 6) is 0.102. The molecule has 0 saturated carbocycles. The third kappa shape index (κ3) is 4.31. The Morgan fingerprint density at radius 2 is 1.80 bits per heavy atom. The highest BCUT2D eigenvalue weighted by Gasteiger charge is 2.19. The molecule has 6 heteroatoms. The zero-order valence-corrected chi connectivity index (χ0v) is 13.1. The fraction of sp³-hybridized carbons (Fsp3) is 0.500. The van der Waals surface area contributed by atoms with E-state index in [1.807, 2.05) is 27.7 Å². The van der Waals surface area contributed by atoms with Crippen LogP contribution in [0.4, 0.5) is 0 Å². The summed E-state index contributed by atoms with van der Waals surface area (Å²) >= 11 is 0. The van der Waals surface area contributed by atoms with Crippen molar-refractivity contribution in [2.24, 2.45) is 17.0 Å². The van der Waals surface area contributed by atoms with Gasteiger partial charge in [-0.25, -0.2) is 13.6 Å². The van der Waals surface area contributed by atoms with Gasteiger partial charge in [-0.3, -0.25) is 4.79 Å². The van der Waals surface area contributed by atoms with Gasteiger partial charge in [0, 0.05) is 5.92 Å². The van der Waals surface area contributed by atoms with E-state index in [0.29, 0.717) is 5.56 Å². The Balaban J connectivity index is 2.88. The lowest BCUT2D eigenvalue weighted by Gasteiger charge is -2.20. The smallest absolute Gasteiger partial charge is 0.238 e. The number of primary sulfonamides is 1. The highest BCUT2D eigenvalue weighted by molar-refractivity contribution is 7.89. The topological polar surface area (TPSA) is 89.3 Å². The molecule has 1 aromatic carbocycles. The van der Waals surface area contributed by atoms with E-state index in [1.54, 1.807) is 12.1 Å². The number of hydrogen-bond donors (Lipinski definition) is 2. The Hall–Kier alpha value is -1.40. The van der Waals surface area contributed by atoms with E-state index >= 15 is 0 Å². The SMILES string of the molecule is CC(NC(=O)C(C)C(C)C)c1cccc(S(N)(=O)=O)c1. The van der Waals surface area contributed by atoms with Gasteiger partial charge in [-0.1, -0.05) is 32.9 Å². The first-order chi connectivity index (χ1) is 9.12. The molecule has 0 heterocycles. The van der Waals surface area contributed by atoms with Gasteiger partial charge in [0.15, 0.2) is 0 Å². The summed E-state index contributed by atoms with van der Waals surface area (Å²) in [6.45, 7) is 7.65. The van der Waals surface area contributed by atoms with E-state index in [2.05, 4.69) is 5.32 Å². The molecule has 0 aliphatic heterocycles. The van der Waals surface area contributed by atoms with Crippen molar-refractivity contribution < 1.29 is 13.2 Å². The largest absolute Gasteiger partial charge is 0.349 e. The van der Waals surface area contributed by atoms with Crippen LogP contribution >= 0.6 is 0 Å². The van der Waals surface area contributed by atoms with Crippen molar-refractivity contribution >= 4 is 15.9 Å². The summed E-state index contributed by atoms with van der Waals surface area (Å²) < 4.78 is 22.6. The number of hydrogen-bond acceptors (Lipinski definition) is 3. The normalized spacial score (nSPS) is 14.9. The minimum Gasteiger partial charge on any atom is -0.349 e. The van der Waals surface area contributed by atoms with Crippen molar-refractivity contribution in [2.45, 2.75) is 38.6 Å². The second-order valence-corrected chi connectivity index (χ2v) is 6.94. The molecule has 5 nitrogen and oxygen atoms in total. The predicted molar refractivity (Wildman–Crippen MR) is 78.4 cm³/mol. The molecule has 2 atom stereocenters. The van der Waals surface area contributed by atoms with Gasteiger partial charge in [-0.2, -0.15) is 0 Å². The van der Waals surface area contributed by atoms with Gasteiger partial charge in [0.1, 0.15) is 0 Å². The second kappa shape index (κ2) is 6.37. The second-order valence-electron chi connectivity index (χ2n) is 5.38. The maximum absolute atomic E-state index is 12.0. The number of amides is 1. The van der Waals surface area contributed by atoms with Gasteiger partial charge in [-0.05, 0) is 30.5 Å². The average Bonchev–Trinajstić information content (AvgIpc) is 2.36. The monoisotopic (exact) mass is 298 g/mol. The van der Waals surface area contributed by atoms with Gasteiger partial charge < -0.3 is 5.32 Å². The first-order valence-corrected chi connectivity index (χ1v) is 8.10. The van der Waals surface area contributed by atoms with Crippen molar-refractivity contribution in [3.8, 4) is 0 Å². The van der Waals surface area contributed by atoms with Crippen LogP contribution in [0.1, 0.15) is 39.3 Å². The average molecular weight is 298 g/mol. The lowest BCUT2D eigenvalue weighted by atomic mass is 9.96. The van der Waals surface area contributed by atoms with E-state index in [-0.39, 0.29) is 28.7 Å². The molecule has 0 spiro atoms. The summed E-state index contributed by atoms with van der Waals surface area (Å²) in [6.07, 6.45) is 0. The molecule has 0 bridgehead atoms. The summed E-state index contributed by atoms with van der Waals surface area (Å²) in [4.78, 5) is 12.0. The first kappa shape index (κ1) is 16.7. The molecule has 112 valence electrons. The van der Waals surface area contributed by atoms with Crippen LogP contribution in [-0.2, 0) is 14.8 Å². The van der Waals surface area contributed by atoms with E-state index in [0.717, 1.165) is 0 Å². The van der Waals surface area contributed by atoms with Crippen molar-refractivity contribution in [2.75, 3.05) is 0 Å². The Kier molecular flexibility index (Phi) is 5.30. The molecule has 1 rings (SSSR count). The fourth-order valence-corrected chi connectivity index (χ4v) is 2.26. The van der Waals surface area contributed by atoms with Crippen molar-refractivity contribution in [3.05, 3.63) is 29.8 Å². The zero-order chi connectivity index (χ0) is 15.5. The van der Waals surface area contributed by atoms with Gasteiger partial charge in [0.05, 0.1) is 10.9 Å². The van der Waals surface area contributed by atoms with Crippen LogP contribution in [0, 0.1) is 11.8 Å². The number of carbonyl (C=O) groups is 1. The Morgan fingerprint density at radius 3 is 2.30 bits per heavy atom. The lowest BCUT2D eigenvalue weighted by molar-refractivity contribution is -0.126. The van der Waals surface area contributed by atoms with Crippen LogP contribution in [-0.4, -0.2) is 14.3 Å². The quantitative estimate of drug-likeness (QED) is 0.868. The Labute approximate surface area is 120 Å². The third-order valence-electron chi connectivity index (χ3n) is 3.46. The molecule has 0 saturated heterocycles. The standard InChI is InChI=1S/C14H22N2O3S/c1-9(2)10(3)14(17)16-11(4)12-6-5-7-13(8-12)20(15,18)19/h5-11H,1-4H3,(H,16,17)(H2,15,18,19). The van der Waals surface area contributed by atoms with Gasteiger partial charge in [0.2, 0.25) is 15.9 Å². The number of benzene rings is 1. The van der Waals surface area contributed by atoms with E-state index in [1.165, 1.54) is 12.1 Å². The minimum atomic E-state index is -3.73. The minimum absolute atomic E-state index is 0.0477. The van der Waals surface area contributed by atoms with Crippen LogP contribution in [0.5, 0.6) is 0 Å². The molecule has 0 radical (unpaired) electrons. The van der Waals surface area contributed by atoms with Crippen molar-refractivity contribution in [1.29, 1.82) is 0 Å². The molecule has 3 N–H and O–H groups in total.